The third-order valence-corrected chi connectivity index (χ3v) is 1.54. The minimum atomic E-state index is -0.115. The Morgan fingerprint density at radius 2 is 1.92 bits per heavy atom. The Morgan fingerprint density at radius 3 is 2.25 bits per heavy atom. The lowest BCUT2D eigenvalue weighted by atomic mass is 10.6. The summed E-state index contributed by atoms with van der Waals surface area (Å²) in [5, 5.41) is 0.274. The largest absolute Gasteiger partial charge is 0.369 e. The molecule has 0 saturated carbocycles. The number of hydrogen-bond acceptors (Lipinski definition) is 2. The van der Waals surface area contributed by atoms with Gasteiger partial charge in [0, 0.05) is 28.1 Å². The summed E-state index contributed by atoms with van der Waals surface area (Å²) >= 11 is 4.85. The minimum absolute atomic E-state index is 0.115. The molecule has 0 aliphatic heterocycles. The Bertz CT molecular complexity index is 213. The van der Waals surface area contributed by atoms with E-state index in [9.17, 15) is 4.79 Å². The first-order valence-electron chi connectivity index (χ1n) is 3.44. The lowest BCUT2D eigenvalue weighted by Crippen LogP contribution is -2.28. The number of amides is 1. The predicted octanol–water partition coefficient (Wildman–Crippen LogP) is 0.340. The van der Waals surface area contributed by atoms with Crippen LogP contribution in [0.5, 0.6) is 0 Å². The van der Waals surface area contributed by atoms with E-state index in [4.69, 9.17) is 12.2 Å². The van der Waals surface area contributed by atoms with Crippen molar-refractivity contribution in [1.82, 2.24) is 9.80 Å². The van der Waals surface area contributed by atoms with Gasteiger partial charge >= 0.3 is 0 Å². The Balaban J connectivity index is 4.13. The summed E-state index contributed by atoms with van der Waals surface area (Å²) < 4.78 is 0. The molecule has 0 fully saturated rings. The first-order valence-corrected chi connectivity index (χ1v) is 3.85. The SMILES string of the molecule is CC(=O)N(C)C(=S)N=CN(C)C. The molecule has 1 amide bonds. The van der Waals surface area contributed by atoms with E-state index in [0.29, 0.717) is 0 Å². The molecule has 0 rings (SSSR count). The van der Waals surface area contributed by atoms with Crippen molar-refractivity contribution < 1.29 is 4.79 Å². The van der Waals surface area contributed by atoms with E-state index in [0.717, 1.165) is 0 Å². The van der Waals surface area contributed by atoms with Gasteiger partial charge in [0.25, 0.3) is 0 Å². The van der Waals surface area contributed by atoms with Gasteiger partial charge in [0.2, 0.25) is 11.0 Å². The molecule has 0 N–H and O–H groups in total. The summed E-state index contributed by atoms with van der Waals surface area (Å²) in [7, 11) is 5.26. The molecule has 0 heterocycles. The molecule has 0 unspecified atom stereocenters. The van der Waals surface area contributed by atoms with Gasteiger partial charge in [-0.1, -0.05) is 0 Å². The first kappa shape index (κ1) is 11.0. The van der Waals surface area contributed by atoms with E-state index >= 15 is 0 Å². The summed E-state index contributed by atoms with van der Waals surface area (Å²) in [5.41, 5.74) is 0. The van der Waals surface area contributed by atoms with Crippen molar-refractivity contribution in [2.45, 2.75) is 6.92 Å². The number of rotatable bonds is 1. The fourth-order valence-corrected chi connectivity index (χ4v) is 0.562. The average Bonchev–Trinajstić information content (AvgIpc) is 1.98. The van der Waals surface area contributed by atoms with Gasteiger partial charge in [0.1, 0.15) is 0 Å². The molecule has 0 aromatic rings. The normalized spacial score (nSPS) is 10.0. The monoisotopic (exact) mass is 187 g/mol. The maximum absolute atomic E-state index is 10.8. The topological polar surface area (TPSA) is 35.9 Å². The highest BCUT2D eigenvalue weighted by molar-refractivity contribution is 7.80. The first-order chi connectivity index (χ1) is 5.45. The molecule has 0 radical (unpaired) electrons. The van der Waals surface area contributed by atoms with Crippen LogP contribution in [-0.2, 0) is 4.79 Å². The van der Waals surface area contributed by atoms with Crippen molar-refractivity contribution in [2.75, 3.05) is 21.1 Å². The van der Waals surface area contributed by atoms with Crippen LogP contribution >= 0.6 is 12.2 Å². The van der Waals surface area contributed by atoms with Gasteiger partial charge in [-0.3, -0.25) is 9.69 Å². The molecule has 0 aliphatic rings. The molecular weight excluding hydrogens is 174 g/mol. The second-order valence-electron chi connectivity index (χ2n) is 2.57. The highest BCUT2D eigenvalue weighted by atomic mass is 32.1. The molecular formula is C7H13N3OS. The number of thiocarbonyl (C=S) groups is 1. The Labute approximate surface area is 77.9 Å². The fourth-order valence-electron chi connectivity index (χ4n) is 0.386. The van der Waals surface area contributed by atoms with Crippen LogP contribution in [0.2, 0.25) is 0 Å². The van der Waals surface area contributed by atoms with Crippen LogP contribution in [0.3, 0.4) is 0 Å². The van der Waals surface area contributed by atoms with Gasteiger partial charge in [-0.05, 0) is 12.2 Å². The van der Waals surface area contributed by atoms with E-state index in [1.54, 1.807) is 18.3 Å². The standard InChI is InChI=1S/C7H13N3OS/c1-6(11)10(4)7(12)8-5-9(2)3/h5H,1-4H3. The van der Waals surface area contributed by atoms with Crippen molar-refractivity contribution in [3.63, 3.8) is 0 Å². The van der Waals surface area contributed by atoms with Crippen LogP contribution in [0.4, 0.5) is 0 Å². The van der Waals surface area contributed by atoms with Crippen LogP contribution in [0.25, 0.3) is 0 Å². The zero-order valence-corrected chi connectivity index (χ0v) is 8.55. The quantitative estimate of drug-likeness (QED) is 0.337. The summed E-state index contributed by atoms with van der Waals surface area (Å²) in [4.78, 5) is 17.7. The molecule has 0 saturated heterocycles. The zero-order valence-electron chi connectivity index (χ0n) is 7.74. The highest BCUT2D eigenvalue weighted by Gasteiger charge is 2.05. The van der Waals surface area contributed by atoms with E-state index < -0.39 is 0 Å². The number of nitrogens with zero attached hydrogens (tertiary/aromatic N) is 3. The summed E-state index contributed by atoms with van der Waals surface area (Å²) in [6.45, 7) is 1.44. The molecule has 0 aromatic carbocycles. The lowest BCUT2D eigenvalue weighted by Gasteiger charge is -2.12. The van der Waals surface area contributed by atoms with E-state index in [1.807, 2.05) is 14.1 Å². The minimum Gasteiger partial charge on any atom is -0.369 e. The molecule has 0 bridgehead atoms. The maximum Gasteiger partial charge on any atom is 0.225 e. The lowest BCUT2D eigenvalue weighted by molar-refractivity contribution is -0.124. The molecule has 5 heteroatoms. The van der Waals surface area contributed by atoms with Gasteiger partial charge in [0.05, 0.1) is 6.34 Å². The van der Waals surface area contributed by atoms with Crippen molar-refractivity contribution >= 4 is 29.6 Å². The fraction of sp³-hybridized carbons (Fsp3) is 0.571. The number of carbonyl (C=O) groups excluding carboxylic acids is 1. The van der Waals surface area contributed by atoms with Gasteiger partial charge in [-0.25, -0.2) is 4.99 Å². The van der Waals surface area contributed by atoms with E-state index in [1.165, 1.54) is 11.8 Å². The Hall–Kier alpha value is -0.970. The van der Waals surface area contributed by atoms with Gasteiger partial charge < -0.3 is 4.90 Å². The van der Waals surface area contributed by atoms with Gasteiger partial charge in [-0.2, -0.15) is 0 Å². The Kier molecular flexibility index (Phi) is 4.43. The van der Waals surface area contributed by atoms with Gasteiger partial charge in [0.15, 0.2) is 0 Å². The van der Waals surface area contributed by atoms with Crippen molar-refractivity contribution in [3.8, 4) is 0 Å². The van der Waals surface area contributed by atoms with Crippen molar-refractivity contribution in [1.29, 1.82) is 0 Å². The van der Waals surface area contributed by atoms with Crippen LogP contribution < -0.4 is 0 Å². The van der Waals surface area contributed by atoms with Crippen LogP contribution in [0, 0.1) is 0 Å². The van der Waals surface area contributed by atoms with Crippen LogP contribution in [-0.4, -0.2) is 48.3 Å². The van der Waals surface area contributed by atoms with E-state index in [2.05, 4.69) is 4.99 Å². The zero-order chi connectivity index (χ0) is 9.72. The third kappa shape index (κ3) is 4.02. The molecule has 68 valence electrons. The predicted molar refractivity (Wildman–Crippen MR) is 53.2 cm³/mol. The molecule has 4 nitrogen and oxygen atoms in total. The number of hydrogen-bond donors (Lipinski definition) is 0. The third-order valence-electron chi connectivity index (χ3n) is 1.16. The molecule has 12 heavy (non-hydrogen) atoms. The highest BCUT2D eigenvalue weighted by Crippen LogP contribution is 1.89. The van der Waals surface area contributed by atoms with Crippen LogP contribution in [0.15, 0.2) is 4.99 Å². The maximum atomic E-state index is 10.8. The average molecular weight is 187 g/mol. The van der Waals surface area contributed by atoms with Crippen molar-refractivity contribution in [2.24, 2.45) is 4.99 Å². The second-order valence-corrected chi connectivity index (χ2v) is 2.93. The molecule has 0 spiro atoms. The molecule has 0 aromatic heterocycles. The number of carbonyl (C=O) groups is 1. The van der Waals surface area contributed by atoms with E-state index in [-0.39, 0.29) is 11.0 Å². The summed E-state index contributed by atoms with van der Waals surface area (Å²) in [6, 6.07) is 0. The Morgan fingerprint density at radius 1 is 1.42 bits per heavy atom. The van der Waals surface area contributed by atoms with Crippen LogP contribution in [0.1, 0.15) is 6.92 Å². The number of aliphatic imine (C=N–C) groups is 1. The summed E-state index contributed by atoms with van der Waals surface area (Å²) in [5.74, 6) is -0.115. The second kappa shape index (κ2) is 4.82. The molecule has 0 atom stereocenters. The van der Waals surface area contributed by atoms with Gasteiger partial charge in [-0.15, -0.1) is 0 Å². The molecule has 0 aliphatic carbocycles. The van der Waals surface area contributed by atoms with Crippen molar-refractivity contribution in [3.05, 3.63) is 0 Å². The smallest absolute Gasteiger partial charge is 0.225 e. The summed E-state index contributed by atoms with van der Waals surface area (Å²) in [6.07, 6.45) is 1.56.